The molecule has 0 unspecified atom stereocenters. The van der Waals surface area contributed by atoms with Gasteiger partial charge in [-0.15, -0.1) is 11.3 Å². The van der Waals surface area contributed by atoms with E-state index in [4.69, 9.17) is 14.0 Å². The minimum Gasteiger partial charge on any atom is -0.326 e. The number of nitrogens with zero attached hydrogens (tertiary/aromatic N) is 3. The summed E-state index contributed by atoms with van der Waals surface area (Å²) >= 11 is 1.61. The van der Waals surface area contributed by atoms with Gasteiger partial charge in [-0.3, -0.25) is 13.9 Å². The summed E-state index contributed by atoms with van der Waals surface area (Å²) in [5.41, 5.74) is 4.47. The molecule has 4 aromatic rings. The summed E-state index contributed by atoms with van der Waals surface area (Å²) in [6.45, 7) is 8.47. The van der Waals surface area contributed by atoms with Crippen LogP contribution in [0.5, 0.6) is 0 Å². The van der Waals surface area contributed by atoms with Gasteiger partial charge in [0.15, 0.2) is 5.13 Å². The van der Waals surface area contributed by atoms with Gasteiger partial charge in [-0.2, -0.15) is 0 Å². The van der Waals surface area contributed by atoms with Gasteiger partial charge in [0.2, 0.25) is 5.91 Å². The molecule has 0 radical (unpaired) electrons. The van der Waals surface area contributed by atoms with E-state index in [1.165, 1.54) is 0 Å². The Hall–Kier alpha value is -2.84. The van der Waals surface area contributed by atoms with E-state index in [2.05, 4.69) is 24.1 Å². The molecule has 196 valence electrons. The van der Waals surface area contributed by atoms with Crippen LogP contribution in [0.2, 0.25) is 0 Å². The number of imidazole rings is 1. The molecule has 0 aliphatic carbocycles. The number of nitrogens with one attached hydrogen (secondary N) is 1. The highest BCUT2D eigenvalue weighted by Gasteiger charge is 2.24. The SMILES string of the molecule is CCOP(=O)(Cc1ccc(NC(=O)CCc2sc(-n3cnc4ccccc43)nc2C(C)C)cc1)OCC. The molecule has 0 aliphatic heterocycles. The molecular weight excluding hydrogens is 507 g/mol. The number of carbonyl (C=O) groups is 1. The van der Waals surface area contributed by atoms with Crippen LogP contribution in [0.3, 0.4) is 0 Å². The zero-order chi connectivity index (χ0) is 26.4. The van der Waals surface area contributed by atoms with Gasteiger partial charge in [-0.25, -0.2) is 9.97 Å². The van der Waals surface area contributed by atoms with Crippen LogP contribution in [0, 0.1) is 0 Å². The van der Waals surface area contributed by atoms with Crippen molar-refractivity contribution in [3.8, 4) is 5.13 Å². The van der Waals surface area contributed by atoms with Crippen LogP contribution in [0.1, 0.15) is 56.2 Å². The Labute approximate surface area is 221 Å². The van der Waals surface area contributed by atoms with Crippen molar-refractivity contribution in [2.75, 3.05) is 18.5 Å². The number of aryl methyl sites for hydroxylation is 1. The van der Waals surface area contributed by atoms with Crippen LogP contribution in [-0.2, 0) is 31.0 Å². The van der Waals surface area contributed by atoms with Crippen molar-refractivity contribution < 1.29 is 18.4 Å². The summed E-state index contributed by atoms with van der Waals surface area (Å²) in [6, 6.07) is 15.3. The van der Waals surface area contributed by atoms with Gasteiger partial charge >= 0.3 is 7.60 Å². The molecule has 2 aromatic heterocycles. The Bertz CT molecular complexity index is 1390. The van der Waals surface area contributed by atoms with E-state index in [9.17, 15) is 9.36 Å². The van der Waals surface area contributed by atoms with Gasteiger partial charge in [0.05, 0.1) is 36.1 Å². The Morgan fingerprint density at radius 3 is 2.46 bits per heavy atom. The van der Waals surface area contributed by atoms with Crippen molar-refractivity contribution in [3.63, 3.8) is 0 Å². The number of rotatable bonds is 12. The van der Waals surface area contributed by atoms with Crippen molar-refractivity contribution in [3.05, 3.63) is 71.0 Å². The summed E-state index contributed by atoms with van der Waals surface area (Å²) in [5, 5.41) is 3.82. The quantitative estimate of drug-likeness (QED) is 0.196. The lowest BCUT2D eigenvalue weighted by molar-refractivity contribution is -0.116. The molecule has 1 N–H and O–H groups in total. The molecule has 0 atom stereocenters. The van der Waals surface area contributed by atoms with Crippen LogP contribution in [0.15, 0.2) is 54.9 Å². The number of thiazole rings is 1. The first kappa shape index (κ1) is 27.2. The monoisotopic (exact) mass is 540 g/mol. The van der Waals surface area contributed by atoms with Crippen molar-refractivity contribution in [1.29, 1.82) is 0 Å². The third-order valence-corrected chi connectivity index (χ3v) is 8.95. The summed E-state index contributed by atoms with van der Waals surface area (Å²) in [6.07, 6.45) is 2.95. The van der Waals surface area contributed by atoms with Crippen LogP contribution in [-0.4, -0.2) is 33.7 Å². The number of para-hydroxylation sites is 2. The number of fused-ring (bicyclic) bond motifs is 1. The van der Waals surface area contributed by atoms with Crippen LogP contribution in [0.4, 0.5) is 5.69 Å². The van der Waals surface area contributed by atoms with Gasteiger partial charge < -0.3 is 14.4 Å². The van der Waals surface area contributed by atoms with E-state index in [0.717, 1.165) is 32.3 Å². The molecule has 2 heterocycles. The molecular formula is C27H33N4O4PS. The lowest BCUT2D eigenvalue weighted by Crippen LogP contribution is -2.12. The summed E-state index contributed by atoms with van der Waals surface area (Å²) in [4.78, 5) is 23.2. The molecule has 0 saturated carbocycles. The lowest BCUT2D eigenvalue weighted by atomic mass is 10.1. The maximum absolute atomic E-state index is 12.8. The minimum absolute atomic E-state index is 0.0696. The van der Waals surface area contributed by atoms with E-state index in [1.807, 2.05) is 53.1 Å². The lowest BCUT2D eigenvalue weighted by Gasteiger charge is -2.17. The highest BCUT2D eigenvalue weighted by atomic mass is 32.1. The topological polar surface area (TPSA) is 95.3 Å². The predicted octanol–water partition coefficient (Wildman–Crippen LogP) is 6.94. The Balaban J connectivity index is 1.40. The molecule has 2 aromatic carbocycles. The fraction of sp³-hybridized carbons (Fsp3) is 0.370. The van der Waals surface area contributed by atoms with E-state index in [0.29, 0.717) is 31.7 Å². The van der Waals surface area contributed by atoms with Crippen LogP contribution >= 0.6 is 18.9 Å². The maximum atomic E-state index is 12.8. The third-order valence-electron chi connectivity index (χ3n) is 5.77. The molecule has 37 heavy (non-hydrogen) atoms. The number of anilines is 1. The molecule has 0 fully saturated rings. The predicted molar refractivity (Wildman–Crippen MR) is 149 cm³/mol. The summed E-state index contributed by atoms with van der Waals surface area (Å²) < 4.78 is 25.5. The molecule has 0 aliphatic rings. The van der Waals surface area contributed by atoms with Crippen molar-refractivity contribution in [1.82, 2.24) is 14.5 Å². The fourth-order valence-electron chi connectivity index (χ4n) is 4.09. The number of hydrogen-bond acceptors (Lipinski definition) is 7. The highest BCUT2D eigenvalue weighted by molar-refractivity contribution is 7.53. The fourth-order valence-corrected chi connectivity index (χ4v) is 6.99. The number of aromatic nitrogens is 3. The second kappa shape index (κ2) is 12.1. The number of amides is 1. The van der Waals surface area contributed by atoms with Gasteiger partial charge in [0.1, 0.15) is 6.33 Å². The second-order valence-electron chi connectivity index (χ2n) is 8.91. The Kier molecular flexibility index (Phi) is 8.92. The second-order valence-corrected chi connectivity index (χ2v) is 12.0. The Morgan fingerprint density at radius 2 is 1.78 bits per heavy atom. The van der Waals surface area contributed by atoms with E-state index >= 15 is 0 Å². The molecule has 0 bridgehead atoms. The van der Waals surface area contributed by atoms with Crippen molar-refractivity contribution >= 4 is 41.6 Å². The maximum Gasteiger partial charge on any atom is 0.335 e. The third kappa shape index (κ3) is 6.73. The normalized spacial score (nSPS) is 11.9. The molecule has 0 saturated heterocycles. The first-order valence-electron chi connectivity index (χ1n) is 12.5. The standard InChI is InChI=1S/C27H33N4O4PS/c1-5-34-36(33,35-6-2)17-20-11-13-21(14-12-20)29-25(32)16-15-24-26(19(3)4)30-27(37-24)31-18-28-22-9-7-8-10-23(22)31/h7-14,18-19H,5-6,15-17H2,1-4H3,(H,29,32). The van der Waals surface area contributed by atoms with E-state index in [-0.39, 0.29) is 18.0 Å². The average Bonchev–Trinajstić information content (AvgIpc) is 3.48. The van der Waals surface area contributed by atoms with Gasteiger partial charge in [-0.05, 0) is 56.0 Å². The van der Waals surface area contributed by atoms with Gasteiger partial charge in [0, 0.05) is 17.0 Å². The summed E-state index contributed by atoms with van der Waals surface area (Å²) in [7, 11) is -3.17. The zero-order valence-corrected chi connectivity index (χ0v) is 23.4. The minimum atomic E-state index is -3.17. The first-order chi connectivity index (χ1) is 17.8. The van der Waals surface area contributed by atoms with E-state index < -0.39 is 7.60 Å². The highest BCUT2D eigenvalue weighted by Crippen LogP contribution is 2.51. The van der Waals surface area contributed by atoms with Crippen molar-refractivity contribution in [2.24, 2.45) is 0 Å². The Morgan fingerprint density at radius 1 is 1.08 bits per heavy atom. The number of carbonyl (C=O) groups excluding carboxylic acids is 1. The van der Waals surface area contributed by atoms with Crippen molar-refractivity contribution in [2.45, 2.75) is 52.6 Å². The molecule has 10 heteroatoms. The summed E-state index contributed by atoms with van der Waals surface area (Å²) in [5.74, 6) is 0.175. The van der Waals surface area contributed by atoms with Crippen LogP contribution < -0.4 is 5.32 Å². The smallest absolute Gasteiger partial charge is 0.326 e. The van der Waals surface area contributed by atoms with E-state index in [1.54, 1.807) is 31.5 Å². The van der Waals surface area contributed by atoms with Gasteiger partial charge in [-0.1, -0.05) is 38.1 Å². The molecule has 0 spiro atoms. The van der Waals surface area contributed by atoms with Crippen LogP contribution in [0.25, 0.3) is 16.2 Å². The average molecular weight is 541 g/mol. The number of benzene rings is 2. The number of hydrogen-bond donors (Lipinski definition) is 1. The molecule has 4 rings (SSSR count). The zero-order valence-electron chi connectivity index (χ0n) is 21.6. The van der Waals surface area contributed by atoms with Gasteiger partial charge in [0.25, 0.3) is 0 Å². The largest absolute Gasteiger partial charge is 0.335 e. The first-order valence-corrected chi connectivity index (χ1v) is 15.0. The molecule has 8 nitrogen and oxygen atoms in total. The molecule has 1 amide bonds.